The summed E-state index contributed by atoms with van der Waals surface area (Å²) >= 11 is 7.73. The van der Waals surface area contributed by atoms with Crippen molar-refractivity contribution in [3.63, 3.8) is 0 Å². The van der Waals surface area contributed by atoms with Gasteiger partial charge in [0.1, 0.15) is 5.75 Å². The van der Waals surface area contributed by atoms with E-state index in [2.05, 4.69) is 6.07 Å². The van der Waals surface area contributed by atoms with Crippen molar-refractivity contribution in [3.05, 3.63) is 81.7 Å². The SMILES string of the molecule is Cc1cc(C)c2nc(-c3cccs3)cc(C(=O)Oc3ccccc3Cl)c2c1. The molecule has 0 saturated carbocycles. The Bertz CT molecular complexity index is 1150. The molecule has 27 heavy (non-hydrogen) atoms. The van der Waals surface area contributed by atoms with Gasteiger partial charge in [-0.3, -0.25) is 0 Å². The number of hydrogen-bond acceptors (Lipinski definition) is 4. The van der Waals surface area contributed by atoms with Crippen LogP contribution >= 0.6 is 22.9 Å². The number of carbonyl (C=O) groups excluding carboxylic acids is 1. The quantitative estimate of drug-likeness (QED) is 0.296. The standard InChI is InChI=1S/C22H16ClNO2S/c1-13-10-14(2)21-15(11-13)16(12-18(24-21)20-8-5-9-27-20)22(25)26-19-7-4-3-6-17(19)23/h3-12H,1-2H3. The molecular formula is C22H16ClNO2S. The summed E-state index contributed by atoms with van der Waals surface area (Å²) in [6.07, 6.45) is 0. The Hall–Kier alpha value is -2.69. The summed E-state index contributed by atoms with van der Waals surface area (Å²) in [6, 6.07) is 16.7. The molecule has 0 radical (unpaired) electrons. The number of esters is 1. The number of para-hydroxylation sites is 1. The lowest BCUT2D eigenvalue weighted by Gasteiger charge is -2.12. The van der Waals surface area contributed by atoms with Gasteiger partial charge in [-0.15, -0.1) is 11.3 Å². The fourth-order valence-electron chi connectivity index (χ4n) is 3.08. The second-order valence-electron chi connectivity index (χ2n) is 6.33. The molecule has 0 atom stereocenters. The molecule has 0 spiro atoms. The molecule has 2 aromatic carbocycles. The monoisotopic (exact) mass is 393 g/mol. The average Bonchev–Trinajstić information content (AvgIpc) is 3.17. The van der Waals surface area contributed by atoms with Crippen molar-refractivity contribution >= 4 is 39.8 Å². The zero-order chi connectivity index (χ0) is 19.0. The van der Waals surface area contributed by atoms with Gasteiger partial charge in [-0.2, -0.15) is 0 Å². The van der Waals surface area contributed by atoms with Crippen molar-refractivity contribution in [1.82, 2.24) is 4.98 Å². The summed E-state index contributed by atoms with van der Waals surface area (Å²) < 4.78 is 5.60. The van der Waals surface area contributed by atoms with Crippen LogP contribution in [0.2, 0.25) is 5.02 Å². The van der Waals surface area contributed by atoms with Crippen LogP contribution in [0.3, 0.4) is 0 Å². The molecule has 0 bridgehead atoms. The maximum absolute atomic E-state index is 13.0. The lowest BCUT2D eigenvalue weighted by Crippen LogP contribution is -2.10. The molecule has 4 aromatic rings. The fourth-order valence-corrected chi connectivity index (χ4v) is 3.94. The van der Waals surface area contributed by atoms with Crippen LogP contribution < -0.4 is 4.74 Å². The molecule has 0 unspecified atom stereocenters. The minimum absolute atomic E-state index is 0.344. The van der Waals surface area contributed by atoms with Crippen LogP contribution in [0.5, 0.6) is 5.75 Å². The molecule has 0 amide bonds. The highest BCUT2D eigenvalue weighted by molar-refractivity contribution is 7.13. The average molecular weight is 394 g/mol. The van der Waals surface area contributed by atoms with E-state index in [1.165, 1.54) is 0 Å². The van der Waals surface area contributed by atoms with Crippen LogP contribution in [-0.2, 0) is 0 Å². The van der Waals surface area contributed by atoms with E-state index in [1.54, 1.807) is 41.7 Å². The van der Waals surface area contributed by atoms with Gasteiger partial charge < -0.3 is 4.74 Å². The molecular weight excluding hydrogens is 378 g/mol. The summed E-state index contributed by atoms with van der Waals surface area (Å²) in [6.45, 7) is 4.01. The summed E-state index contributed by atoms with van der Waals surface area (Å²) in [5.74, 6) is -0.102. The van der Waals surface area contributed by atoms with E-state index in [9.17, 15) is 4.79 Å². The first kappa shape index (κ1) is 17.7. The number of rotatable bonds is 3. The first-order valence-corrected chi connectivity index (χ1v) is 9.71. The van der Waals surface area contributed by atoms with Gasteiger partial charge in [-0.25, -0.2) is 9.78 Å². The third-order valence-corrected chi connectivity index (χ3v) is 5.49. The van der Waals surface area contributed by atoms with Crippen LogP contribution in [0.15, 0.2) is 60.0 Å². The first-order valence-electron chi connectivity index (χ1n) is 8.45. The topological polar surface area (TPSA) is 39.2 Å². The van der Waals surface area contributed by atoms with E-state index >= 15 is 0 Å². The van der Waals surface area contributed by atoms with Gasteiger partial charge in [0, 0.05) is 5.39 Å². The maximum Gasteiger partial charge on any atom is 0.344 e. The van der Waals surface area contributed by atoms with Crippen molar-refractivity contribution in [2.45, 2.75) is 13.8 Å². The number of aromatic nitrogens is 1. The molecule has 2 aromatic heterocycles. The smallest absolute Gasteiger partial charge is 0.344 e. The molecule has 0 aliphatic carbocycles. The second kappa shape index (κ2) is 7.14. The highest BCUT2D eigenvalue weighted by Crippen LogP contribution is 2.31. The Morgan fingerprint density at radius 2 is 1.89 bits per heavy atom. The Balaban J connectivity index is 1.89. The number of thiophene rings is 1. The molecule has 0 N–H and O–H groups in total. The summed E-state index contributed by atoms with van der Waals surface area (Å²) in [7, 11) is 0. The molecule has 4 rings (SSSR count). The van der Waals surface area contributed by atoms with Crippen molar-refractivity contribution in [2.24, 2.45) is 0 Å². The lowest BCUT2D eigenvalue weighted by atomic mass is 10.0. The van der Waals surface area contributed by atoms with Gasteiger partial charge in [-0.05, 0) is 55.1 Å². The van der Waals surface area contributed by atoms with Gasteiger partial charge in [0.05, 0.1) is 26.7 Å². The minimum Gasteiger partial charge on any atom is -0.421 e. The summed E-state index contributed by atoms with van der Waals surface area (Å²) in [4.78, 5) is 18.8. The van der Waals surface area contributed by atoms with Gasteiger partial charge >= 0.3 is 5.97 Å². The Labute approximate surface area is 166 Å². The van der Waals surface area contributed by atoms with E-state index in [0.717, 1.165) is 32.6 Å². The normalized spacial score (nSPS) is 10.9. The lowest BCUT2D eigenvalue weighted by molar-refractivity contribution is 0.0737. The van der Waals surface area contributed by atoms with Crippen molar-refractivity contribution < 1.29 is 9.53 Å². The molecule has 2 heterocycles. The van der Waals surface area contributed by atoms with Gasteiger partial charge in [-0.1, -0.05) is 41.4 Å². The second-order valence-corrected chi connectivity index (χ2v) is 7.69. The van der Waals surface area contributed by atoms with Gasteiger partial charge in [0.2, 0.25) is 0 Å². The van der Waals surface area contributed by atoms with Crippen LogP contribution in [-0.4, -0.2) is 11.0 Å². The highest BCUT2D eigenvalue weighted by Gasteiger charge is 2.18. The van der Waals surface area contributed by atoms with Crippen molar-refractivity contribution in [3.8, 4) is 16.3 Å². The fraction of sp³-hybridized carbons (Fsp3) is 0.0909. The number of ether oxygens (including phenoxy) is 1. The largest absolute Gasteiger partial charge is 0.421 e. The Kier molecular flexibility index (Phi) is 4.68. The number of fused-ring (bicyclic) bond motifs is 1. The highest BCUT2D eigenvalue weighted by atomic mass is 35.5. The van der Waals surface area contributed by atoms with E-state index in [0.29, 0.717) is 16.3 Å². The van der Waals surface area contributed by atoms with Crippen LogP contribution in [0.1, 0.15) is 21.5 Å². The number of halogens is 1. The molecule has 134 valence electrons. The Morgan fingerprint density at radius 3 is 2.63 bits per heavy atom. The predicted molar refractivity (Wildman–Crippen MR) is 111 cm³/mol. The number of benzene rings is 2. The van der Waals surface area contributed by atoms with Gasteiger partial charge in [0.15, 0.2) is 0 Å². The molecule has 0 saturated heterocycles. The third-order valence-electron chi connectivity index (χ3n) is 4.28. The summed E-state index contributed by atoms with van der Waals surface area (Å²) in [5.41, 5.74) is 4.14. The molecule has 0 aliphatic heterocycles. The van der Waals surface area contributed by atoms with Crippen molar-refractivity contribution in [2.75, 3.05) is 0 Å². The van der Waals surface area contributed by atoms with Crippen LogP contribution in [0.4, 0.5) is 0 Å². The number of nitrogens with zero attached hydrogens (tertiary/aromatic N) is 1. The number of pyridine rings is 1. The number of carbonyl (C=O) groups is 1. The first-order chi connectivity index (χ1) is 13.0. The molecule has 3 nitrogen and oxygen atoms in total. The molecule has 5 heteroatoms. The minimum atomic E-state index is -0.446. The number of aryl methyl sites for hydroxylation is 2. The van der Waals surface area contributed by atoms with Gasteiger partial charge in [0.25, 0.3) is 0 Å². The van der Waals surface area contributed by atoms with Crippen LogP contribution in [0.25, 0.3) is 21.5 Å². The predicted octanol–water partition coefficient (Wildman–Crippen LogP) is 6.45. The maximum atomic E-state index is 13.0. The van der Waals surface area contributed by atoms with E-state index in [4.69, 9.17) is 21.3 Å². The summed E-state index contributed by atoms with van der Waals surface area (Å²) in [5, 5.41) is 3.17. The number of hydrogen-bond donors (Lipinski definition) is 0. The van der Waals surface area contributed by atoms with E-state index in [-0.39, 0.29) is 0 Å². The van der Waals surface area contributed by atoms with E-state index < -0.39 is 5.97 Å². The van der Waals surface area contributed by atoms with Crippen molar-refractivity contribution in [1.29, 1.82) is 0 Å². The van der Waals surface area contributed by atoms with E-state index in [1.807, 2.05) is 37.4 Å². The third kappa shape index (κ3) is 3.46. The zero-order valence-electron chi connectivity index (χ0n) is 14.8. The molecule has 0 aliphatic rings. The zero-order valence-corrected chi connectivity index (χ0v) is 16.4. The van der Waals surface area contributed by atoms with Crippen LogP contribution in [0, 0.1) is 13.8 Å². The Morgan fingerprint density at radius 1 is 1.07 bits per heavy atom. The molecule has 0 fully saturated rings.